The van der Waals surface area contributed by atoms with Crippen molar-refractivity contribution in [3.63, 3.8) is 0 Å². The van der Waals surface area contributed by atoms with E-state index >= 15 is 0 Å². The Morgan fingerprint density at radius 1 is 0.886 bits per heavy atom. The van der Waals surface area contributed by atoms with Crippen LogP contribution in [-0.4, -0.2) is 44.8 Å². The number of ether oxygens (including phenoxy) is 4. The van der Waals surface area contributed by atoms with Gasteiger partial charge in [-0.05, 0) is 51.8 Å². The van der Waals surface area contributed by atoms with E-state index < -0.39 is 29.4 Å². The molecule has 6 rings (SSSR count). The van der Waals surface area contributed by atoms with E-state index in [1.807, 2.05) is 66.7 Å². The van der Waals surface area contributed by atoms with Crippen LogP contribution in [0.15, 0.2) is 78.9 Å². The van der Waals surface area contributed by atoms with E-state index in [9.17, 15) is 19.8 Å². The molecule has 0 saturated carbocycles. The Bertz CT molecular complexity index is 1640. The highest BCUT2D eigenvalue weighted by molar-refractivity contribution is 5.93. The first kappa shape index (κ1) is 30.3. The molecule has 2 bridgehead atoms. The Labute approximate surface area is 255 Å². The minimum absolute atomic E-state index is 0.0544. The Kier molecular flexibility index (Phi) is 8.19. The van der Waals surface area contributed by atoms with Gasteiger partial charge in [0, 0.05) is 35.2 Å². The average Bonchev–Trinajstić information content (AvgIpc) is 3.10. The van der Waals surface area contributed by atoms with Gasteiger partial charge < -0.3 is 34.5 Å². The standard InChI is InChI=1S/C34H36N2O8/c1-21(36-26(37)16-17-27(36)38)43-31(39)34(5,35-32(40)44-33(2,3)4)19-24-18-25-28(22-12-8-6-9-13-22)29(30(24)42-20-41-25)23-14-10-7-11-15-23/h6-18,21,37-38H,19-20H2,1-5H3,(H,35,40)/t21?,34-/m0/s1. The van der Waals surface area contributed by atoms with Gasteiger partial charge in [-0.25, -0.2) is 14.2 Å². The van der Waals surface area contributed by atoms with Crippen LogP contribution >= 0.6 is 0 Å². The van der Waals surface area contributed by atoms with Gasteiger partial charge in [-0.15, -0.1) is 0 Å². The van der Waals surface area contributed by atoms with Crippen LogP contribution in [0, 0.1) is 0 Å². The van der Waals surface area contributed by atoms with Gasteiger partial charge in [0.2, 0.25) is 6.79 Å². The number of carbonyl (C=O) groups is 2. The van der Waals surface area contributed by atoms with Crippen molar-refractivity contribution in [2.45, 2.75) is 58.4 Å². The maximum atomic E-state index is 13.9. The molecule has 0 saturated heterocycles. The number of esters is 1. The number of aromatic hydroxyl groups is 2. The van der Waals surface area contributed by atoms with Crippen molar-refractivity contribution < 1.29 is 38.7 Å². The highest BCUT2D eigenvalue weighted by atomic mass is 16.7. The largest absolute Gasteiger partial charge is 0.494 e. The third kappa shape index (κ3) is 6.29. The molecule has 2 aliphatic heterocycles. The van der Waals surface area contributed by atoms with Gasteiger partial charge in [0.05, 0.1) is 0 Å². The smallest absolute Gasteiger partial charge is 0.408 e. The van der Waals surface area contributed by atoms with E-state index in [1.165, 1.54) is 26.0 Å². The minimum atomic E-state index is -1.68. The lowest BCUT2D eigenvalue weighted by Crippen LogP contribution is -2.55. The highest BCUT2D eigenvalue weighted by Gasteiger charge is 2.41. The number of rotatable bonds is 8. The number of nitrogens with zero attached hydrogens (tertiary/aromatic N) is 1. The van der Waals surface area contributed by atoms with Crippen LogP contribution in [0.2, 0.25) is 0 Å². The molecule has 0 radical (unpaired) electrons. The fraction of sp³-hybridized carbons (Fsp3) is 0.294. The van der Waals surface area contributed by atoms with Crippen LogP contribution < -0.4 is 14.8 Å². The molecule has 2 aliphatic rings. The van der Waals surface area contributed by atoms with Crippen LogP contribution in [0.1, 0.15) is 46.4 Å². The first-order valence-electron chi connectivity index (χ1n) is 14.2. The number of benzene rings is 3. The second-order valence-electron chi connectivity index (χ2n) is 11.8. The van der Waals surface area contributed by atoms with Crippen LogP contribution in [0.5, 0.6) is 23.3 Å². The molecule has 1 amide bonds. The highest BCUT2D eigenvalue weighted by Crippen LogP contribution is 2.49. The van der Waals surface area contributed by atoms with Crippen molar-refractivity contribution in [2.24, 2.45) is 0 Å². The average molecular weight is 601 g/mol. The number of carbonyl (C=O) groups excluding carboxylic acids is 2. The first-order valence-corrected chi connectivity index (χ1v) is 14.2. The second kappa shape index (κ2) is 11.9. The van der Waals surface area contributed by atoms with Gasteiger partial charge in [0.25, 0.3) is 0 Å². The Morgan fingerprint density at radius 3 is 2.02 bits per heavy atom. The zero-order chi connectivity index (χ0) is 31.6. The first-order chi connectivity index (χ1) is 20.9. The predicted molar refractivity (Wildman–Crippen MR) is 163 cm³/mol. The molecule has 2 atom stereocenters. The van der Waals surface area contributed by atoms with E-state index in [0.717, 1.165) is 26.8 Å². The summed E-state index contributed by atoms with van der Waals surface area (Å²) in [4.78, 5) is 27.0. The topological polar surface area (TPSA) is 128 Å². The molecule has 3 heterocycles. The molecular weight excluding hydrogens is 564 g/mol. The van der Waals surface area contributed by atoms with Gasteiger partial charge in [-0.1, -0.05) is 60.7 Å². The quantitative estimate of drug-likeness (QED) is 0.194. The maximum absolute atomic E-state index is 13.9. The summed E-state index contributed by atoms with van der Waals surface area (Å²) in [5.41, 5.74) is 1.50. The van der Waals surface area contributed by atoms with Gasteiger partial charge in [-0.2, -0.15) is 0 Å². The third-order valence-electron chi connectivity index (χ3n) is 7.15. The van der Waals surface area contributed by atoms with E-state index in [2.05, 4.69) is 5.32 Å². The molecular formula is C34H36N2O8. The number of aromatic nitrogens is 1. The van der Waals surface area contributed by atoms with Crippen LogP contribution in [0.4, 0.5) is 4.79 Å². The summed E-state index contributed by atoms with van der Waals surface area (Å²) in [5, 5.41) is 23.1. The molecule has 1 unspecified atom stereocenters. The number of hydrogen-bond acceptors (Lipinski definition) is 8. The van der Waals surface area contributed by atoms with Crippen molar-refractivity contribution in [3.05, 3.63) is 84.4 Å². The summed E-state index contributed by atoms with van der Waals surface area (Å²) in [7, 11) is 0. The van der Waals surface area contributed by atoms with Crippen LogP contribution in [0.25, 0.3) is 22.3 Å². The van der Waals surface area contributed by atoms with Gasteiger partial charge in [0.1, 0.15) is 22.6 Å². The second-order valence-corrected chi connectivity index (χ2v) is 11.8. The zero-order valence-corrected chi connectivity index (χ0v) is 25.3. The van der Waals surface area contributed by atoms with E-state index in [-0.39, 0.29) is 25.0 Å². The van der Waals surface area contributed by atoms with Crippen molar-refractivity contribution in [3.8, 4) is 45.5 Å². The number of hydrogen-bond donors (Lipinski definition) is 3. The Morgan fingerprint density at radius 2 is 1.45 bits per heavy atom. The minimum Gasteiger partial charge on any atom is -0.494 e. The fourth-order valence-electron chi connectivity index (χ4n) is 5.24. The van der Waals surface area contributed by atoms with Crippen molar-refractivity contribution in [2.75, 3.05) is 6.79 Å². The molecule has 44 heavy (non-hydrogen) atoms. The van der Waals surface area contributed by atoms with Crippen LogP contribution in [-0.2, 0) is 20.7 Å². The van der Waals surface area contributed by atoms with Gasteiger partial charge in [-0.3, -0.25) is 0 Å². The monoisotopic (exact) mass is 600 g/mol. The third-order valence-corrected chi connectivity index (χ3v) is 7.15. The molecule has 3 N–H and O–H groups in total. The lowest BCUT2D eigenvalue weighted by atomic mass is 9.86. The van der Waals surface area contributed by atoms with E-state index in [0.29, 0.717) is 17.1 Å². The molecule has 3 aromatic carbocycles. The molecule has 0 aliphatic carbocycles. The Hall–Kier alpha value is -5.12. The summed E-state index contributed by atoms with van der Waals surface area (Å²) in [6.07, 6.45) is -2.00. The van der Waals surface area contributed by atoms with Gasteiger partial charge >= 0.3 is 12.1 Å². The summed E-state index contributed by atoms with van der Waals surface area (Å²) in [6.45, 7) is 8.11. The van der Waals surface area contributed by atoms with Crippen molar-refractivity contribution in [1.82, 2.24) is 9.88 Å². The summed E-state index contributed by atoms with van der Waals surface area (Å²) >= 11 is 0. The van der Waals surface area contributed by atoms with E-state index in [1.54, 1.807) is 20.8 Å². The van der Waals surface area contributed by atoms with E-state index in [4.69, 9.17) is 18.9 Å². The molecule has 0 fully saturated rings. The number of amides is 1. The zero-order valence-electron chi connectivity index (χ0n) is 25.3. The normalized spacial score (nSPS) is 14.4. The fourth-order valence-corrected chi connectivity index (χ4v) is 5.24. The maximum Gasteiger partial charge on any atom is 0.408 e. The van der Waals surface area contributed by atoms with Crippen LogP contribution in [0.3, 0.4) is 0 Å². The summed E-state index contributed by atoms with van der Waals surface area (Å²) in [6, 6.07) is 23.9. The molecule has 0 spiro atoms. The number of alkyl carbamates (subject to hydrolysis) is 1. The lowest BCUT2D eigenvalue weighted by molar-refractivity contribution is -0.160. The summed E-state index contributed by atoms with van der Waals surface area (Å²) < 4.78 is 24.5. The molecule has 4 aromatic rings. The van der Waals surface area contributed by atoms with Crippen molar-refractivity contribution in [1.29, 1.82) is 0 Å². The Balaban J connectivity index is 1.60. The SMILES string of the molecule is CC(OC(=O)[C@](C)(Cc1cc2c(-c3ccccc3)c(-c3ccccc3)c1OCO2)NC(=O)OC(C)(C)C)n1c(O)ccc1O. The lowest BCUT2D eigenvalue weighted by Gasteiger charge is -2.32. The predicted octanol–water partition coefficient (Wildman–Crippen LogP) is 6.55. The molecule has 10 heteroatoms. The molecule has 230 valence electrons. The number of nitrogens with one attached hydrogen (secondary N) is 1. The molecule has 1 aromatic heterocycles. The van der Waals surface area contributed by atoms with Gasteiger partial charge in [0.15, 0.2) is 18.0 Å². The van der Waals surface area contributed by atoms with Crippen molar-refractivity contribution >= 4 is 12.1 Å². The molecule has 10 nitrogen and oxygen atoms in total. The number of fused-ring (bicyclic) bond motifs is 4. The summed E-state index contributed by atoms with van der Waals surface area (Å²) in [5.74, 6) is -0.372.